The van der Waals surface area contributed by atoms with Crippen LogP contribution in [-0.2, 0) is 30.7 Å². The fourth-order valence-corrected chi connectivity index (χ4v) is 7.33. The van der Waals surface area contributed by atoms with Crippen LogP contribution in [0.1, 0.15) is 18.4 Å². The first-order valence-corrected chi connectivity index (χ1v) is 15.8. The maximum absolute atomic E-state index is 14.2. The summed E-state index contributed by atoms with van der Waals surface area (Å²) in [6.45, 7) is -0.128. The lowest BCUT2D eigenvalue weighted by atomic mass is 9.92. The van der Waals surface area contributed by atoms with E-state index in [0.717, 1.165) is 5.39 Å². The minimum absolute atomic E-state index is 0.0345. The van der Waals surface area contributed by atoms with Crippen molar-refractivity contribution in [1.29, 1.82) is 0 Å². The second kappa shape index (κ2) is 11.8. The van der Waals surface area contributed by atoms with Crippen LogP contribution in [0.5, 0.6) is 0 Å². The Balaban J connectivity index is 1.41. The second-order valence-electron chi connectivity index (χ2n) is 11.1. The van der Waals surface area contributed by atoms with Crippen LogP contribution in [0.25, 0.3) is 10.8 Å². The molecule has 2 aliphatic heterocycles. The fourth-order valence-electron chi connectivity index (χ4n) is 5.47. The average molecular weight is 617 g/mol. The van der Waals surface area contributed by atoms with Crippen LogP contribution in [0.4, 0.5) is 16.2 Å². The molecule has 4 aliphatic rings. The number of methoxy groups -OCH3 is 1. The Kier molecular flexibility index (Phi) is 7.89. The molecule has 3 atom stereocenters. The van der Waals surface area contributed by atoms with Crippen molar-refractivity contribution in [1.82, 2.24) is 9.88 Å². The van der Waals surface area contributed by atoms with Gasteiger partial charge >= 0.3 is 6.09 Å². The van der Waals surface area contributed by atoms with Gasteiger partial charge in [-0.1, -0.05) is 18.2 Å². The van der Waals surface area contributed by atoms with Crippen molar-refractivity contribution < 1.29 is 27.5 Å². The SMILES string of the molecule is CO[C@H]1COC(=O)Nc2ccc(S(=O)(=O)C3CC3)c(c2)CN(C)C(=O)[C@H](Nc2ccc3cc[nH]c(=O)c3c2)C2C=C=C1C=C2. The third-order valence-electron chi connectivity index (χ3n) is 8.05. The van der Waals surface area contributed by atoms with Gasteiger partial charge in [-0.3, -0.25) is 14.9 Å². The van der Waals surface area contributed by atoms with Crippen molar-refractivity contribution in [3.05, 3.63) is 94.1 Å². The smallest absolute Gasteiger partial charge is 0.411 e. The van der Waals surface area contributed by atoms with Crippen LogP contribution in [0.15, 0.2) is 87.9 Å². The molecule has 44 heavy (non-hydrogen) atoms. The molecule has 12 heteroatoms. The average Bonchev–Trinajstić information content (AvgIpc) is 3.87. The van der Waals surface area contributed by atoms with Crippen LogP contribution in [0, 0.1) is 5.92 Å². The van der Waals surface area contributed by atoms with Gasteiger partial charge in [0.15, 0.2) is 9.84 Å². The van der Waals surface area contributed by atoms with Crippen LogP contribution < -0.4 is 16.2 Å². The Bertz CT molecular complexity index is 1900. The zero-order chi connectivity index (χ0) is 31.0. The molecule has 0 radical (unpaired) electrons. The Morgan fingerprint density at radius 2 is 1.91 bits per heavy atom. The molecule has 4 bridgehead atoms. The molecule has 1 unspecified atom stereocenters. The first kappa shape index (κ1) is 29.4. The first-order valence-electron chi connectivity index (χ1n) is 14.3. The molecule has 2 aromatic carbocycles. The molecule has 7 rings (SSSR count). The molecule has 2 amide bonds. The van der Waals surface area contributed by atoms with Crippen LogP contribution in [-0.4, -0.2) is 68.5 Å². The molecule has 0 saturated heterocycles. The van der Waals surface area contributed by atoms with Gasteiger partial charge in [-0.15, -0.1) is 5.73 Å². The summed E-state index contributed by atoms with van der Waals surface area (Å²) in [5.74, 6) is -0.778. The summed E-state index contributed by atoms with van der Waals surface area (Å²) in [5, 5.41) is 6.73. The van der Waals surface area contributed by atoms with Crippen LogP contribution in [0.3, 0.4) is 0 Å². The molecule has 228 valence electrons. The number of carbonyl (C=O) groups is 2. The van der Waals surface area contributed by atoms with E-state index < -0.39 is 39.2 Å². The third kappa shape index (κ3) is 5.92. The predicted molar refractivity (Wildman–Crippen MR) is 165 cm³/mol. The number of sulfone groups is 1. The van der Waals surface area contributed by atoms with Gasteiger partial charge in [0, 0.05) is 55.2 Å². The van der Waals surface area contributed by atoms with Gasteiger partial charge in [0.05, 0.1) is 10.1 Å². The number of ether oxygens (including phenoxy) is 2. The highest BCUT2D eigenvalue weighted by molar-refractivity contribution is 7.92. The number of pyridine rings is 1. The minimum atomic E-state index is -3.62. The van der Waals surface area contributed by atoms with Gasteiger partial charge in [0.1, 0.15) is 18.8 Å². The van der Waals surface area contributed by atoms with E-state index in [9.17, 15) is 22.8 Å². The Hall–Kier alpha value is -4.64. The Morgan fingerprint density at radius 3 is 2.64 bits per heavy atom. The molecular weight excluding hydrogens is 584 g/mol. The third-order valence-corrected chi connectivity index (χ3v) is 10.4. The number of anilines is 2. The molecular formula is C32H32N4O7S. The molecule has 3 aromatic rings. The van der Waals surface area contributed by atoms with Crippen LogP contribution in [0.2, 0.25) is 0 Å². The van der Waals surface area contributed by atoms with Gasteiger partial charge in [0.2, 0.25) is 5.91 Å². The molecule has 3 N–H and O–H groups in total. The summed E-state index contributed by atoms with van der Waals surface area (Å²) in [4.78, 5) is 43.5. The second-order valence-corrected chi connectivity index (χ2v) is 13.3. The van der Waals surface area contributed by atoms with Crippen molar-refractivity contribution in [3.63, 3.8) is 0 Å². The van der Waals surface area contributed by atoms with E-state index in [1.807, 2.05) is 6.08 Å². The van der Waals surface area contributed by atoms with E-state index in [0.29, 0.717) is 40.7 Å². The zero-order valence-electron chi connectivity index (χ0n) is 24.2. The first-order chi connectivity index (χ1) is 21.1. The molecule has 3 heterocycles. The summed E-state index contributed by atoms with van der Waals surface area (Å²) in [6, 6.07) is 10.8. The number of aromatic amines is 1. The monoisotopic (exact) mass is 616 g/mol. The summed E-state index contributed by atoms with van der Waals surface area (Å²) < 4.78 is 37.6. The van der Waals surface area contributed by atoms with E-state index in [1.54, 1.807) is 55.7 Å². The van der Waals surface area contributed by atoms with Gasteiger partial charge in [0.25, 0.3) is 5.56 Å². The van der Waals surface area contributed by atoms with Gasteiger partial charge in [-0.25, -0.2) is 13.2 Å². The summed E-state index contributed by atoms with van der Waals surface area (Å²) in [7, 11) is -0.521. The van der Waals surface area contributed by atoms with Crippen LogP contribution >= 0.6 is 0 Å². The number of rotatable bonds is 5. The summed E-state index contributed by atoms with van der Waals surface area (Å²) in [6.07, 6.45) is 6.77. The highest BCUT2D eigenvalue weighted by atomic mass is 32.2. The van der Waals surface area contributed by atoms with Crippen molar-refractivity contribution in [2.45, 2.75) is 41.7 Å². The van der Waals surface area contributed by atoms with Gasteiger partial charge < -0.3 is 24.7 Å². The van der Waals surface area contributed by atoms with Crippen molar-refractivity contribution in [2.75, 3.05) is 31.4 Å². The minimum Gasteiger partial charge on any atom is -0.446 e. The topological polar surface area (TPSA) is 147 Å². The molecule has 2 aliphatic carbocycles. The van der Waals surface area contributed by atoms with E-state index in [2.05, 4.69) is 21.3 Å². The molecule has 1 aromatic heterocycles. The quantitative estimate of drug-likeness (QED) is 0.368. The number of nitrogens with zero attached hydrogens (tertiary/aromatic N) is 1. The Morgan fingerprint density at radius 1 is 1.09 bits per heavy atom. The predicted octanol–water partition coefficient (Wildman–Crippen LogP) is 3.75. The number of hydrogen-bond donors (Lipinski definition) is 3. The number of carbonyl (C=O) groups excluding carboxylic acids is 2. The van der Waals surface area contributed by atoms with E-state index in [4.69, 9.17) is 9.47 Å². The summed E-state index contributed by atoms with van der Waals surface area (Å²) >= 11 is 0. The molecule has 1 saturated carbocycles. The number of amides is 2. The number of likely N-dealkylation sites (N-methyl/N-ethyl adjacent to an activating group) is 1. The van der Waals surface area contributed by atoms with Gasteiger partial charge in [-0.2, -0.15) is 0 Å². The number of benzene rings is 2. The van der Waals surface area contributed by atoms with E-state index in [1.165, 1.54) is 24.1 Å². The summed E-state index contributed by atoms with van der Waals surface area (Å²) in [5.41, 5.74) is 4.85. The fraction of sp³-hybridized carbons (Fsp3) is 0.312. The van der Waals surface area contributed by atoms with E-state index in [-0.39, 0.29) is 29.5 Å². The Labute approximate surface area is 254 Å². The number of fused-ring (bicyclic) bond motifs is 8. The normalized spacial score (nSPS) is 22.5. The lowest BCUT2D eigenvalue weighted by molar-refractivity contribution is -0.131. The zero-order valence-corrected chi connectivity index (χ0v) is 25.0. The van der Waals surface area contributed by atoms with Crippen molar-refractivity contribution in [2.24, 2.45) is 5.92 Å². The molecule has 1 fully saturated rings. The number of hydrogen-bond acceptors (Lipinski definition) is 8. The largest absolute Gasteiger partial charge is 0.446 e. The highest BCUT2D eigenvalue weighted by Crippen LogP contribution is 2.36. The highest BCUT2D eigenvalue weighted by Gasteiger charge is 2.39. The molecule has 11 nitrogen and oxygen atoms in total. The van der Waals surface area contributed by atoms with E-state index >= 15 is 0 Å². The number of nitrogens with one attached hydrogen (secondary N) is 3. The lowest BCUT2D eigenvalue weighted by Gasteiger charge is -2.30. The number of aromatic nitrogens is 1. The standard InChI is InChI=1S/C32H32N4O7S/c1-36-17-22-15-23(9-12-28(22)44(40,41)25-10-11-25)35-32(39)43-18-27(42-2)20-3-5-21(6-4-20)29(31(36)38)34-24-8-7-19-13-14-33-30(37)26(19)16-24/h3,5-9,12-16,21,25,27,29,34H,10-11,17-18H2,1-2H3,(H,33,37)(H,35,39)/t21?,27-,29+/m0/s1. The maximum Gasteiger partial charge on any atom is 0.411 e. The molecule has 0 spiro atoms. The number of H-pyrrole nitrogens is 1. The van der Waals surface area contributed by atoms with Gasteiger partial charge in [-0.05, 0) is 66.3 Å². The lowest BCUT2D eigenvalue weighted by Crippen LogP contribution is -2.44. The van der Waals surface area contributed by atoms with Crippen molar-refractivity contribution in [3.8, 4) is 0 Å². The van der Waals surface area contributed by atoms with Crippen molar-refractivity contribution >= 4 is 44.0 Å². The maximum atomic E-state index is 14.2.